The van der Waals surface area contributed by atoms with E-state index in [1.54, 1.807) is 0 Å². The average Bonchev–Trinajstić information content (AvgIpc) is 3.21. The van der Waals surface area contributed by atoms with E-state index in [1.807, 2.05) is 0 Å². The Labute approximate surface area is 188 Å². The molecule has 1 nitrogen and oxygen atoms in total. The summed E-state index contributed by atoms with van der Waals surface area (Å²) in [4.78, 5) is 2.44. The van der Waals surface area contributed by atoms with Crippen LogP contribution in [0, 0.1) is 0 Å². The Hall–Kier alpha value is -4.04. The van der Waals surface area contributed by atoms with Crippen molar-refractivity contribution in [1.29, 1.82) is 0 Å². The lowest BCUT2D eigenvalue weighted by atomic mass is 9.37. The predicted octanol–water partition coefficient (Wildman–Crippen LogP) is 5.63. The minimum atomic E-state index is 0.260. The SMILES string of the molecule is c1ccc(-c2ccc3c(c2)B2c4ccccc4-c4cccc(c42)N3c2ccccc2)cc1. The first-order chi connectivity index (χ1) is 15.9. The molecule has 0 aromatic heterocycles. The number of anilines is 3. The molecule has 2 heterocycles. The van der Waals surface area contributed by atoms with Crippen molar-refractivity contribution >= 4 is 40.2 Å². The Balaban J connectivity index is 1.55. The van der Waals surface area contributed by atoms with Gasteiger partial charge in [-0.25, -0.2) is 0 Å². The first-order valence-corrected chi connectivity index (χ1v) is 11.2. The third kappa shape index (κ3) is 2.41. The highest BCUT2D eigenvalue weighted by atomic mass is 15.1. The lowest BCUT2D eigenvalue weighted by Crippen LogP contribution is -2.54. The van der Waals surface area contributed by atoms with Gasteiger partial charge in [0.2, 0.25) is 6.71 Å². The highest BCUT2D eigenvalue weighted by Crippen LogP contribution is 2.40. The number of nitrogens with zero attached hydrogens (tertiary/aromatic N) is 1. The fourth-order valence-corrected chi connectivity index (χ4v) is 5.54. The van der Waals surface area contributed by atoms with Crippen LogP contribution in [-0.4, -0.2) is 6.71 Å². The largest absolute Gasteiger partial charge is 0.312 e. The van der Waals surface area contributed by atoms with Crippen molar-refractivity contribution in [2.75, 3.05) is 4.90 Å². The van der Waals surface area contributed by atoms with E-state index in [9.17, 15) is 0 Å². The van der Waals surface area contributed by atoms with Crippen molar-refractivity contribution in [3.05, 3.63) is 121 Å². The number of hydrogen-bond donors (Lipinski definition) is 0. The summed E-state index contributed by atoms with van der Waals surface area (Å²) in [5, 5.41) is 0. The number of rotatable bonds is 2. The van der Waals surface area contributed by atoms with Gasteiger partial charge in [-0.3, -0.25) is 0 Å². The standard InChI is InChI=1S/C30H20BN/c1-3-10-21(11-4-1)22-18-19-28-27(20-22)31-26-16-8-7-14-24(26)25-15-9-17-29(30(25)31)32(28)23-12-5-2-6-13-23/h1-20H. The molecule has 2 aliphatic heterocycles. The van der Waals surface area contributed by atoms with Crippen LogP contribution in [0.5, 0.6) is 0 Å². The van der Waals surface area contributed by atoms with Crippen molar-refractivity contribution in [3.8, 4) is 22.3 Å². The molecule has 7 rings (SSSR count). The molecule has 32 heavy (non-hydrogen) atoms. The third-order valence-electron chi connectivity index (χ3n) is 6.88. The maximum atomic E-state index is 2.44. The van der Waals surface area contributed by atoms with Crippen molar-refractivity contribution < 1.29 is 0 Å². The van der Waals surface area contributed by atoms with E-state index in [-0.39, 0.29) is 6.71 Å². The smallest absolute Gasteiger partial charge is 0.248 e. The molecule has 0 spiro atoms. The maximum Gasteiger partial charge on any atom is 0.248 e. The highest BCUT2D eigenvalue weighted by molar-refractivity contribution is 7.01. The average molecular weight is 405 g/mol. The minimum absolute atomic E-state index is 0.260. The van der Waals surface area contributed by atoms with E-state index in [1.165, 1.54) is 55.7 Å². The molecule has 0 N–H and O–H groups in total. The Morgan fingerprint density at radius 3 is 2.03 bits per heavy atom. The molecule has 0 amide bonds. The number of para-hydroxylation sites is 1. The predicted molar refractivity (Wildman–Crippen MR) is 137 cm³/mol. The summed E-state index contributed by atoms with van der Waals surface area (Å²) in [5.74, 6) is 0. The van der Waals surface area contributed by atoms with Gasteiger partial charge in [0.15, 0.2) is 0 Å². The van der Waals surface area contributed by atoms with E-state index < -0.39 is 0 Å². The second-order valence-corrected chi connectivity index (χ2v) is 8.57. The summed E-state index contributed by atoms with van der Waals surface area (Å²) in [5.41, 5.74) is 13.2. The third-order valence-corrected chi connectivity index (χ3v) is 6.88. The van der Waals surface area contributed by atoms with Crippen molar-refractivity contribution in [3.63, 3.8) is 0 Å². The van der Waals surface area contributed by atoms with Crippen LogP contribution < -0.4 is 21.3 Å². The van der Waals surface area contributed by atoms with Gasteiger partial charge in [0.1, 0.15) is 0 Å². The monoisotopic (exact) mass is 405 g/mol. The van der Waals surface area contributed by atoms with E-state index in [0.717, 1.165) is 0 Å². The summed E-state index contributed by atoms with van der Waals surface area (Å²) >= 11 is 0. The molecule has 0 radical (unpaired) electrons. The fourth-order valence-electron chi connectivity index (χ4n) is 5.54. The summed E-state index contributed by atoms with van der Waals surface area (Å²) < 4.78 is 0. The van der Waals surface area contributed by atoms with Gasteiger partial charge in [-0.2, -0.15) is 0 Å². The van der Waals surface area contributed by atoms with Gasteiger partial charge in [0.05, 0.1) is 0 Å². The van der Waals surface area contributed by atoms with Gasteiger partial charge >= 0.3 is 0 Å². The van der Waals surface area contributed by atoms with E-state index >= 15 is 0 Å². The lowest BCUT2D eigenvalue weighted by Gasteiger charge is -2.36. The van der Waals surface area contributed by atoms with Crippen LogP contribution in [0.15, 0.2) is 121 Å². The number of benzene rings is 5. The molecular formula is C30H20BN. The molecule has 0 aliphatic carbocycles. The van der Waals surface area contributed by atoms with Gasteiger partial charge in [0.25, 0.3) is 0 Å². The van der Waals surface area contributed by atoms with Crippen LogP contribution in [-0.2, 0) is 0 Å². The van der Waals surface area contributed by atoms with Crippen LogP contribution in [0.2, 0.25) is 0 Å². The molecular weight excluding hydrogens is 385 g/mol. The number of hydrogen-bond acceptors (Lipinski definition) is 1. The molecule has 0 bridgehead atoms. The Morgan fingerprint density at radius 1 is 0.469 bits per heavy atom. The molecule has 0 unspecified atom stereocenters. The molecule has 0 saturated heterocycles. The first kappa shape index (κ1) is 17.6. The van der Waals surface area contributed by atoms with Crippen molar-refractivity contribution in [2.45, 2.75) is 0 Å². The van der Waals surface area contributed by atoms with Gasteiger partial charge in [-0.1, -0.05) is 103 Å². The lowest BCUT2D eigenvalue weighted by molar-refractivity contribution is 1.30. The summed E-state index contributed by atoms with van der Waals surface area (Å²) in [7, 11) is 0. The fraction of sp³-hybridized carbons (Fsp3) is 0. The normalized spacial score (nSPS) is 12.9. The summed E-state index contributed by atoms with van der Waals surface area (Å²) in [6.45, 7) is 0.260. The van der Waals surface area contributed by atoms with Gasteiger partial charge in [-0.05, 0) is 57.4 Å². The second kappa shape index (κ2) is 6.73. The van der Waals surface area contributed by atoms with E-state index in [4.69, 9.17) is 0 Å². The number of fused-ring (bicyclic) bond motifs is 5. The zero-order valence-corrected chi connectivity index (χ0v) is 17.6. The molecule has 5 aromatic rings. The van der Waals surface area contributed by atoms with E-state index in [2.05, 4.69) is 126 Å². The molecule has 0 saturated carbocycles. The molecule has 5 aromatic carbocycles. The van der Waals surface area contributed by atoms with Crippen LogP contribution in [0.1, 0.15) is 0 Å². The summed E-state index contributed by atoms with van der Waals surface area (Å²) in [6, 6.07) is 44.1. The molecule has 0 atom stereocenters. The molecule has 148 valence electrons. The topological polar surface area (TPSA) is 3.24 Å². The highest BCUT2D eigenvalue weighted by Gasteiger charge is 2.42. The Bertz CT molecular complexity index is 1470. The molecule has 0 fully saturated rings. The minimum Gasteiger partial charge on any atom is -0.312 e. The molecule has 2 heteroatoms. The molecule has 2 aliphatic rings. The Kier molecular flexibility index (Phi) is 3.71. The second-order valence-electron chi connectivity index (χ2n) is 8.57. The zero-order valence-electron chi connectivity index (χ0n) is 17.6. The van der Waals surface area contributed by atoms with Gasteiger partial charge < -0.3 is 4.90 Å². The van der Waals surface area contributed by atoms with Crippen LogP contribution >= 0.6 is 0 Å². The maximum absolute atomic E-state index is 2.44. The summed E-state index contributed by atoms with van der Waals surface area (Å²) in [6.07, 6.45) is 0. The zero-order chi connectivity index (χ0) is 21.1. The van der Waals surface area contributed by atoms with Crippen molar-refractivity contribution in [2.24, 2.45) is 0 Å². The first-order valence-electron chi connectivity index (χ1n) is 11.2. The van der Waals surface area contributed by atoms with Crippen LogP contribution in [0.4, 0.5) is 17.1 Å². The van der Waals surface area contributed by atoms with Crippen LogP contribution in [0.3, 0.4) is 0 Å². The van der Waals surface area contributed by atoms with Crippen molar-refractivity contribution in [1.82, 2.24) is 0 Å². The Morgan fingerprint density at radius 2 is 1.19 bits per heavy atom. The van der Waals surface area contributed by atoms with Gasteiger partial charge in [-0.15, -0.1) is 0 Å². The quantitative estimate of drug-likeness (QED) is 0.337. The van der Waals surface area contributed by atoms with Gasteiger partial charge in [0, 0.05) is 17.1 Å². The van der Waals surface area contributed by atoms with E-state index in [0.29, 0.717) is 0 Å². The van der Waals surface area contributed by atoms with Crippen LogP contribution in [0.25, 0.3) is 22.3 Å².